The normalized spacial score (nSPS) is 33.5. The van der Waals surface area contributed by atoms with Crippen LogP contribution in [0.3, 0.4) is 0 Å². The second kappa shape index (κ2) is 5.62. The fourth-order valence-electron chi connectivity index (χ4n) is 4.46. The summed E-state index contributed by atoms with van der Waals surface area (Å²) in [6, 6.07) is -0.527. The molecule has 0 aromatic carbocycles. The number of carbonyl (C=O) groups excluding carboxylic acids is 2. The van der Waals surface area contributed by atoms with Crippen LogP contribution in [0.15, 0.2) is 0 Å². The van der Waals surface area contributed by atoms with Gasteiger partial charge in [-0.15, -0.1) is 0 Å². The first-order valence-corrected chi connectivity index (χ1v) is 8.70. The van der Waals surface area contributed by atoms with Gasteiger partial charge in [-0.25, -0.2) is 0 Å². The summed E-state index contributed by atoms with van der Waals surface area (Å²) >= 11 is 0. The Kier molecular flexibility index (Phi) is 3.98. The maximum absolute atomic E-state index is 13.1. The van der Waals surface area contributed by atoms with Gasteiger partial charge in [0.1, 0.15) is 12.1 Å². The summed E-state index contributed by atoms with van der Waals surface area (Å²) in [7, 11) is 0. The van der Waals surface area contributed by atoms with Gasteiger partial charge in [0, 0.05) is 5.54 Å². The summed E-state index contributed by atoms with van der Waals surface area (Å²) in [6.45, 7) is 4.17. The summed E-state index contributed by atoms with van der Waals surface area (Å²) in [5, 5.41) is 3.06. The number of nitrogens with zero attached hydrogens (tertiary/aromatic N) is 1. The van der Waals surface area contributed by atoms with Crippen LogP contribution in [0.2, 0.25) is 0 Å². The third kappa shape index (κ3) is 2.47. The Labute approximate surface area is 127 Å². The predicted octanol–water partition coefficient (Wildman–Crippen LogP) is 2.61. The molecule has 2 unspecified atom stereocenters. The minimum atomic E-state index is -0.266. The maximum Gasteiger partial charge on any atom is 0.246 e. The molecule has 3 rings (SSSR count). The van der Waals surface area contributed by atoms with Gasteiger partial charge >= 0.3 is 0 Å². The van der Waals surface area contributed by atoms with E-state index in [2.05, 4.69) is 12.2 Å². The van der Waals surface area contributed by atoms with Gasteiger partial charge in [-0.2, -0.15) is 0 Å². The highest BCUT2D eigenvalue weighted by Crippen LogP contribution is 2.41. The van der Waals surface area contributed by atoms with Gasteiger partial charge in [0.2, 0.25) is 11.8 Å². The molecule has 2 aliphatic carbocycles. The molecule has 21 heavy (non-hydrogen) atoms. The highest BCUT2D eigenvalue weighted by molar-refractivity contribution is 5.97. The van der Waals surface area contributed by atoms with E-state index in [1.165, 1.54) is 25.7 Å². The first-order valence-electron chi connectivity index (χ1n) is 8.70. The summed E-state index contributed by atoms with van der Waals surface area (Å²) in [5.41, 5.74) is -0.0809. The Morgan fingerprint density at radius 3 is 2.33 bits per heavy atom. The zero-order chi connectivity index (χ0) is 15.0. The average molecular weight is 292 g/mol. The smallest absolute Gasteiger partial charge is 0.246 e. The maximum atomic E-state index is 13.1. The van der Waals surface area contributed by atoms with Crippen LogP contribution in [0.25, 0.3) is 0 Å². The number of nitrogens with one attached hydrogen (secondary N) is 1. The van der Waals surface area contributed by atoms with Crippen LogP contribution in [-0.4, -0.2) is 34.3 Å². The SMILES string of the molecule is CCC1C(=O)NC(C2CCCCC2)C(=O)N1C1(C)CCC1. The molecule has 1 aliphatic heterocycles. The van der Waals surface area contributed by atoms with Gasteiger partial charge in [-0.05, 0) is 51.4 Å². The zero-order valence-electron chi connectivity index (χ0n) is 13.4. The van der Waals surface area contributed by atoms with Gasteiger partial charge in [0.15, 0.2) is 0 Å². The van der Waals surface area contributed by atoms with Gasteiger partial charge < -0.3 is 10.2 Å². The molecule has 1 saturated heterocycles. The second-order valence-corrected chi connectivity index (χ2v) is 7.37. The Bertz CT molecular complexity index is 425. The number of hydrogen-bond donors (Lipinski definition) is 1. The third-order valence-electron chi connectivity index (χ3n) is 5.94. The zero-order valence-corrected chi connectivity index (χ0v) is 13.4. The molecule has 0 bridgehead atoms. The van der Waals surface area contributed by atoms with E-state index in [9.17, 15) is 9.59 Å². The van der Waals surface area contributed by atoms with Crippen LogP contribution in [-0.2, 0) is 9.59 Å². The second-order valence-electron chi connectivity index (χ2n) is 7.37. The van der Waals surface area contributed by atoms with E-state index < -0.39 is 0 Å². The van der Waals surface area contributed by atoms with Gasteiger partial charge in [0.25, 0.3) is 0 Å². The fraction of sp³-hybridized carbons (Fsp3) is 0.882. The molecule has 1 N–H and O–H groups in total. The highest BCUT2D eigenvalue weighted by atomic mass is 16.2. The van der Waals surface area contributed by atoms with E-state index >= 15 is 0 Å². The molecule has 0 aromatic rings. The van der Waals surface area contributed by atoms with Crippen molar-refractivity contribution in [3.63, 3.8) is 0 Å². The van der Waals surface area contributed by atoms with E-state index in [0.717, 1.165) is 25.7 Å². The molecular weight excluding hydrogens is 264 g/mol. The van der Waals surface area contributed by atoms with Gasteiger partial charge in [-0.1, -0.05) is 26.2 Å². The molecule has 2 atom stereocenters. The molecule has 3 aliphatic rings. The number of rotatable bonds is 3. The van der Waals surface area contributed by atoms with Crippen LogP contribution >= 0.6 is 0 Å². The van der Waals surface area contributed by atoms with Crippen LogP contribution in [0.1, 0.15) is 71.6 Å². The topological polar surface area (TPSA) is 49.4 Å². The van der Waals surface area contributed by atoms with Gasteiger partial charge in [-0.3, -0.25) is 9.59 Å². The van der Waals surface area contributed by atoms with E-state index in [1.807, 2.05) is 11.8 Å². The minimum Gasteiger partial charge on any atom is -0.342 e. The van der Waals surface area contributed by atoms with Crippen LogP contribution in [0.5, 0.6) is 0 Å². The van der Waals surface area contributed by atoms with Crippen LogP contribution in [0, 0.1) is 5.92 Å². The molecule has 4 heteroatoms. The van der Waals surface area contributed by atoms with Crippen molar-refractivity contribution in [3.05, 3.63) is 0 Å². The van der Waals surface area contributed by atoms with E-state index in [4.69, 9.17) is 0 Å². The van der Waals surface area contributed by atoms with Crippen molar-refractivity contribution < 1.29 is 9.59 Å². The van der Waals surface area contributed by atoms with Crippen molar-refractivity contribution in [1.29, 1.82) is 0 Å². The van der Waals surface area contributed by atoms with Gasteiger partial charge in [0.05, 0.1) is 0 Å². The molecular formula is C17H28N2O2. The van der Waals surface area contributed by atoms with Crippen molar-refractivity contribution >= 4 is 11.8 Å². The van der Waals surface area contributed by atoms with Crippen molar-refractivity contribution in [2.45, 2.75) is 89.3 Å². The molecule has 3 fully saturated rings. The lowest BCUT2D eigenvalue weighted by molar-refractivity contribution is -0.163. The summed E-state index contributed by atoms with van der Waals surface area (Å²) in [5.74, 6) is 0.607. The molecule has 2 saturated carbocycles. The lowest BCUT2D eigenvalue weighted by Gasteiger charge is -2.54. The molecule has 0 radical (unpaired) electrons. The standard InChI is InChI=1S/C17H28N2O2/c1-3-13-15(20)18-14(12-8-5-4-6-9-12)16(21)19(13)17(2)10-7-11-17/h12-14H,3-11H2,1-2H3,(H,18,20). The third-order valence-corrected chi connectivity index (χ3v) is 5.94. The summed E-state index contributed by atoms with van der Waals surface area (Å²) < 4.78 is 0. The Hall–Kier alpha value is -1.06. The summed E-state index contributed by atoms with van der Waals surface area (Å²) in [4.78, 5) is 27.6. The lowest BCUT2D eigenvalue weighted by Crippen LogP contribution is -2.71. The number of carbonyl (C=O) groups is 2. The number of amides is 2. The summed E-state index contributed by atoms with van der Waals surface area (Å²) in [6.07, 6.45) is 9.79. The Morgan fingerprint density at radius 1 is 1.14 bits per heavy atom. The minimum absolute atomic E-state index is 0.0702. The monoisotopic (exact) mass is 292 g/mol. The van der Waals surface area contributed by atoms with E-state index in [1.54, 1.807) is 0 Å². The molecule has 4 nitrogen and oxygen atoms in total. The molecule has 118 valence electrons. The first-order chi connectivity index (χ1) is 10.1. The number of hydrogen-bond acceptors (Lipinski definition) is 2. The molecule has 0 spiro atoms. The Morgan fingerprint density at radius 2 is 1.81 bits per heavy atom. The van der Waals surface area contributed by atoms with Crippen molar-refractivity contribution in [3.8, 4) is 0 Å². The van der Waals surface area contributed by atoms with Crippen molar-refractivity contribution in [2.75, 3.05) is 0 Å². The number of piperazine rings is 1. The first kappa shape index (κ1) is 14.9. The quantitative estimate of drug-likeness (QED) is 0.869. The highest BCUT2D eigenvalue weighted by Gasteiger charge is 2.51. The van der Waals surface area contributed by atoms with E-state index in [0.29, 0.717) is 12.3 Å². The van der Waals surface area contributed by atoms with Crippen LogP contribution in [0.4, 0.5) is 0 Å². The van der Waals surface area contributed by atoms with E-state index in [-0.39, 0.29) is 29.4 Å². The molecule has 0 aromatic heterocycles. The Balaban J connectivity index is 1.84. The average Bonchev–Trinajstić information content (AvgIpc) is 2.47. The van der Waals surface area contributed by atoms with Crippen molar-refractivity contribution in [2.24, 2.45) is 5.92 Å². The predicted molar refractivity (Wildman–Crippen MR) is 81.7 cm³/mol. The van der Waals surface area contributed by atoms with Crippen LogP contribution < -0.4 is 5.32 Å². The molecule has 1 heterocycles. The fourth-order valence-corrected chi connectivity index (χ4v) is 4.46. The largest absolute Gasteiger partial charge is 0.342 e. The van der Waals surface area contributed by atoms with Crippen molar-refractivity contribution in [1.82, 2.24) is 10.2 Å². The molecule has 2 amide bonds. The lowest BCUT2D eigenvalue weighted by atomic mass is 9.73.